The molecule has 1 N–H and O–H groups in total. The molecule has 4 heteroatoms. The van der Waals surface area contributed by atoms with E-state index in [0.29, 0.717) is 19.0 Å². The van der Waals surface area contributed by atoms with Gasteiger partial charge in [-0.2, -0.15) is 0 Å². The van der Waals surface area contributed by atoms with E-state index in [2.05, 4.69) is 36.0 Å². The van der Waals surface area contributed by atoms with E-state index in [-0.39, 0.29) is 11.4 Å². The van der Waals surface area contributed by atoms with Gasteiger partial charge in [-0.1, -0.05) is 30.3 Å². The van der Waals surface area contributed by atoms with Crippen LogP contribution in [0.2, 0.25) is 0 Å². The van der Waals surface area contributed by atoms with Crippen LogP contribution in [0.3, 0.4) is 0 Å². The molecule has 1 aliphatic rings. The van der Waals surface area contributed by atoms with Crippen LogP contribution in [0, 0.1) is 5.92 Å². The van der Waals surface area contributed by atoms with Crippen LogP contribution < -0.4 is 5.32 Å². The largest absolute Gasteiger partial charge is 0.351 e. The number of likely N-dealkylation sites (N-methyl/N-ethyl adjacent to an activating group) is 1. The molecule has 0 bridgehead atoms. The van der Waals surface area contributed by atoms with Crippen LogP contribution in [0.15, 0.2) is 30.3 Å². The summed E-state index contributed by atoms with van der Waals surface area (Å²) in [6.45, 7) is 7.78. The minimum absolute atomic E-state index is 0.0931. The third kappa shape index (κ3) is 4.31. The average Bonchev–Trinajstić information content (AvgIpc) is 2.73. The van der Waals surface area contributed by atoms with Crippen molar-refractivity contribution in [2.45, 2.75) is 32.4 Å². The van der Waals surface area contributed by atoms with Gasteiger partial charge in [-0.15, -0.1) is 0 Å². The molecule has 4 nitrogen and oxygen atoms in total. The highest BCUT2D eigenvalue weighted by Gasteiger charge is 2.39. The van der Waals surface area contributed by atoms with Crippen LogP contribution in [-0.4, -0.2) is 55.0 Å². The van der Waals surface area contributed by atoms with Gasteiger partial charge in [0.1, 0.15) is 0 Å². The summed E-state index contributed by atoms with van der Waals surface area (Å²) in [7, 11) is 4.23. The van der Waals surface area contributed by atoms with Crippen molar-refractivity contribution in [2.24, 2.45) is 5.92 Å². The Bertz CT molecular complexity index is 486. The highest BCUT2D eigenvalue weighted by molar-refractivity contribution is 5.77. The van der Waals surface area contributed by atoms with E-state index in [1.807, 2.05) is 37.4 Å². The van der Waals surface area contributed by atoms with Crippen LogP contribution >= 0.6 is 0 Å². The number of amides is 1. The second kappa shape index (κ2) is 7.25. The van der Waals surface area contributed by atoms with E-state index in [1.165, 1.54) is 6.42 Å². The molecule has 2 rings (SSSR count). The van der Waals surface area contributed by atoms with Crippen molar-refractivity contribution in [1.29, 1.82) is 0 Å². The van der Waals surface area contributed by atoms with Gasteiger partial charge in [-0.05, 0) is 52.4 Å². The minimum Gasteiger partial charge on any atom is -0.351 e. The molecule has 1 fully saturated rings. The Morgan fingerprint density at radius 3 is 2.64 bits per heavy atom. The number of likely N-dealkylation sites (tertiary alicyclic amines) is 1. The molecular weight excluding hydrogens is 274 g/mol. The maximum Gasteiger partial charge on any atom is 0.234 e. The fourth-order valence-corrected chi connectivity index (χ4v) is 3.16. The molecule has 0 spiro atoms. The summed E-state index contributed by atoms with van der Waals surface area (Å²) in [5.41, 5.74) is 1.35. The molecule has 0 radical (unpaired) electrons. The summed E-state index contributed by atoms with van der Waals surface area (Å²) in [4.78, 5) is 16.6. The molecule has 0 aromatic heterocycles. The Balaban J connectivity index is 1.75. The van der Waals surface area contributed by atoms with Crippen molar-refractivity contribution in [1.82, 2.24) is 15.1 Å². The van der Waals surface area contributed by atoms with E-state index >= 15 is 0 Å². The lowest BCUT2D eigenvalue weighted by Gasteiger charge is -2.35. The summed E-state index contributed by atoms with van der Waals surface area (Å²) in [5.74, 6) is 0.708. The van der Waals surface area contributed by atoms with Gasteiger partial charge in [0.2, 0.25) is 5.91 Å². The van der Waals surface area contributed by atoms with Gasteiger partial charge in [0.05, 0.1) is 6.54 Å². The first-order chi connectivity index (χ1) is 10.4. The molecule has 1 aromatic carbocycles. The van der Waals surface area contributed by atoms with Crippen LogP contribution in [0.5, 0.6) is 0 Å². The molecule has 1 aromatic rings. The van der Waals surface area contributed by atoms with Crippen LogP contribution in [0.1, 0.15) is 25.8 Å². The quantitative estimate of drug-likeness (QED) is 0.873. The number of hydrogen-bond donors (Lipinski definition) is 1. The summed E-state index contributed by atoms with van der Waals surface area (Å²) in [5, 5.41) is 2.99. The Hall–Kier alpha value is -1.39. The minimum atomic E-state index is 0.0931. The van der Waals surface area contributed by atoms with E-state index < -0.39 is 0 Å². The Kier molecular flexibility index (Phi) is 5.59. The smallest absolute Gasteiger partial charge is 0.234 e. The van der Waals surface area contributed by atoms with Gasteiger partial charge < -0.3 is 10.2 Å². The Labute approximate surface area is 134 Å². The van der Waals surface area contributed by atoms with Gasteiger partial charge in [0, 0.05) is 18.6 Å². The number of nitrogens with one attached hydrogen (secondary N) is 1. The van der Waals surface area contributed by atoms with E-state index in [1.54, 1.807) is 0 Å². The van der Waals surface area contributed by atoms with Crippen molar-refractivity contribution in [3.63, 3.8) is 0 Å². The monoisotopic (exact) mass is 303 g/mol. The third-order valence-electron chi connectivity index (χ3n) is 5.07. The zero-order valence-corrected chi connectivity index (χ0v) is 14.3. The summed E-state index contributed by atoms with van der Waals surface area (Å²) < 4.78 is 0. The van der Waals surface area contributed by atoms with Gasteiger partial charge in [-0.3, -0.25) is 9.69 Å². The van der Waals surface area contributed by atoms with E-state index in [9.17, 15) is 4.79 Å². The molecule has 0 saturated carbocycles. The maximum absolute atomic E-state index is 12.1. The molecule has 1 aliphatic heterocycles. The fraction of sp³-hybridized carbons (Fsp3) is 0.611. The predicted molar refractivity (Wildman–Crippen MR) is 90.6 cm³/mol. The first-order valence-corrected chi connectivity index (χ1v) is 8.10. The standard InChI is InChI=1S/C18H29N3O/c1-18(2)16(10-11-21(18)4)13-20(3)14-17(22)19-12-15-8-6-5-7-9-15/h5-9,16H,10-14H2,1-4H3,(H,19,22)/t16-/m1/s1. The summed E-state index contributed by atoms with van der Waals surface area (Å²) in [6.07, 6.45) is 1.21. The van der Waals surface area contributed by atoms with Crippen molar-refractivity contribution in [3.8, 4) is 0 Å². The molecule has 1 atom stereocenters. The average molecular weight is 303 g/mol. The highest BCUT2D eigenvalue weighted by atomic mass is 16.2. The van der Waals surface area contributed by atoms with Crippen molar-refractivity contribution in [2.75, 3.05) is 33.7 Å². The van der Waals surface area contributed by atoms with Crippen molar-refractivity contribution in [3.05, 3.63) is 35.9 Å². The van der Waals surface area contributed by atoms with E-state index in [4.69, 9.17) is 0 Å². The molecule has 122 valence electrons. The number of rotatable bonds is 6. The topological polar surface area (TPSA) is 35.6 Å². The molecule has 1 heterocycles. The van der Waals surface area contributed by atoms with Crippen LogP contribution in [-0.2, 0) is 11.3 Å². The molecule has 0 unspecified atom stereocenters. The number of hydrogen-bond acceptors (Lipinski definition) is 3. The number of carbonyl (C=O) groups is 1. The second-order valence-corrected chi connectivity index (χ2v) is 7.02. The summed E-state index contributed by atoms with van der Waals surface area (Å²) in [6, 6.07) is 10.0. The maximum atomic E-state index is 12.1. The number of nitrogens with zero attached hydrogens (tertiary/aromatic N) is 2. The SMILES string of the molecule is CN(CC(=O)NCc1ccccc1)C[C@H]1CCN(C)C1(C)C. The van der Waals surface area contributed by atoms with E-state index in [0.717, 1.165) is 18.7 Å². The predicted octanol–water partition coefficient (Wildman–Crippen LogP) is 1.96. The first kappa shape index (κ1) is 17.0. The number of carbonyl (C=O) groups excluding carboxylic acids is 1. The van der Waals surface area contributed by atoms with Crippen molar-refractivity contribution < 1.29 is 4.79 Å². The van der Waals surface area contributed by atoms with Crippen LogP contribution in [0.4, 0.5) is 0 Å². The van der Waals surface area contributed by atoms with Crippen molar-refractivity contribution >= 4 is 5.91 Å². The Morgan fingerprint density at radius 2 is 2.05 bits per heavy atom. The number of benzene rings is 1. The zero-order chi connectivity index (χ0) is 16.2. The van der Waals surface area contributed by atoms with Gasteiger partial charge in [0.15, 0.2) is 0 Å². The lowest BCUT2D eigenvalue weighted by atomic mass is 9.88. The molecular formula is C18H29N3O. The molecule has 1 saturated heterocycles. The normalized spacial score (nSPS) is 21.2. The third-order valence-corrected chi connectivity index (χ3v) is 5.07. The molecule has 22 heavy (non-hydrogen) atoms. The molecule has 0 aliphatic carbocycles. The second-order valence-electron chi connectivity index (χ2n) is 7.02. The zero-order valence-electron chi connectivity index (χ0n) is 14.3. The van der Waals surface area contributed by atoms with Gasteiger partial charge >= 0.3 is 0 Å². The lowest BCUT2D eigenvalue weighted by Crippen LogP contribution is -2.45. The Morgan fingerprint density at radius 1 is 1.36 bits per heavy atom. The first-order valence-electron chi connectivity index (χ1n) is 8.10. The summed E-state index contributed by atoms with van der Waals surface area (Å²) >= 11 is 0. The van der Waals surface area contributed by atoms with Gasteiger partial charge in [0.25, 0.3) is 0 Å². The van der Waals surface area contributed by atoms with Crippen LogP contribution in [0.25, 0.3) is 0 Å². The highest BCUT2D eigenvalue weighted by Crippen LogP contribution is 2.33. The lowest BCUT2D eigenvalue weighted by molar-refractivity contribution is -0.122. The molecule has 1 amide bonds. The fourth-order valence-electron chi connectivity index (χ4n) is 3.16. The van der Waals surface area contributed by atoms with Gasteiger partial charge in [-0.25, -0.2) is 0 Å².